The number of ether oxygens (including phenoxy) is 1. The molecule has 0 spiro atoms. The van der Waals surface area contributed by atoms with E-state index in [9.17, 15) is 0 Å². The fraction of sp³-hybridized carbons (Fsp3) is 0.200. The van der Waals surface area contributed by atoms with Crippen LogP contribution in [0.3, 0.4) is 0 Å². The Labute approximate surface area is 113 Å². The third kappa shape index (κ3) is 2.96. The summed E-state index contributed by atoms with van der Waals surface area (Å²) in [6, 6.07) is 15.9. The van der Waals surface area contributed by atoms with E-state index in [-0.39, 0.29) is 6.04 Å². The van der Waals surface area contributed by atoms with E-state index in [4.69, 9.17) is 16.3 Å². The summed E-state index contributed by atoms with van der Waals surface area (Å²) in [6.07, 6.45) is 0. The summed E-state index contributed by atoms with van der Waals surface area (Å²) in [6.45, 7) is 2.10. The molecule has 0 radical (unpaired) electrons. The molecule has 0 aliphatic heterocycles. The van der Waals surface area contributed by atoms with Gasteiger partial charge in [-0.1, -0.05) is 35.9 Å². The van der Waals surface area contributed by atoms with E-state index in [2.05, 4.69) is 12.2 Å². The molecule has 0 aromatic heterocycles. The maximum Gasteiger partial charge on any atom is 0.118 e. The summed E-state index contributed by atoms with van der Waals surface area (Å²) >= 11 is 6.12. The predicted octanol–water partition coefficient (Wildman–Crippen LogP) is 4.52. The van der Waals surface area contributed by atoms with Gasteiger partial charge in [0.1, 0.15) is 5.75 Å². The first-order valence-electron chi connectivity index (χ1n) is 5.85. The molecule has 2 aromatic carbocycles. The molecule has 2 nitrogen and oxygen atoms in total. The molecule has 2 rings (SSSR count). The minimum absolute atomic E-state index is 0.191. The first kappa shape index (κ1) is 12.8. The summed E-state index contributed by atoms with van der Waals surface area (Å²) in [5.74, 6) is 0.865. The molecular weight excluding hydrogens is 246 g/mol. The van der Waals surface area contributed by atoms with Crippen molar-refractivity contribution in [1.82, 2.24) is 0 Å². The zero-order valence-electron chi connectivity index (χ0n) is 10.5. The van der Waals surface area contributed by atoms with Crippen LogP contribution >= 0.6 is 11.6 Å². The number of nitrogens with one attached hydrogen (secondary N) is 1. The van der Waals surface area contributed by atoms with E-state index in [1.54, 1.807) is 7.11 Å². The molecular formula is C15H16ClNO. The molecule has 0 aliphatic rings. The zero-order chi connectivity index (χ0) is 13.0. The number of benzene rings is 2. The molecule has 1 N–H and O–H groups in total. The second-order valence-electron chi connectivity index (χ2n) is 4.12. The third-order valence-corrected chi connectivity index (χ3v) is 3.19. The molecule has 18 heavy (non-hydrogen) atoms. The molecule has 0 heterocycles. The van der Waals surface area contributed by atoms with Crippen LogP contribution in [-0.4, -0.2) is 7.11 Å². The number of halogens is 1. The van der Waals surface area contributed by atoms with Crippen molar-refractivity contribution in [1.29, 1.82) is 0 Å². The average Bonchev–Trinajstić information content (AvgIpc) is 2.41. The Morgan fingerprint density at radius 3 is 2.33 bits per heavy atom. The lowest BCUT2D eigenvalue weighted by molar-refractivity contribution is 0.414. The van der Waals surface area contributed by atoms with Crippen LogP contribution in [0.25, 0.3) is 0 Å². The van der Waals surface area contributed by atoms with Crippen LogP contribution in [0.4, 0.5) is 5.69 Å². The van der Waals surface area contributed by atoms with Crippen molar-refractivity contribution in [2.75, 3.05) is 12.4 Å². The molecule has 0 bridgehead atoms. The van der Waals surface area contributed by atoms with Crippen LogP contribution in [0.5, 0.6) is 5.75 Å². The summed E-state index contributed by atoms with van der Waals surface area (Å²) in [5, 5.41) is 4.13. The second-order valence-corrected chi connectivity index (χ2v) is 4.53. The van der Waals surface area contributed by atoms with Crippen molar-refractivity contribution >= 4 is 17.3 Å². The van der Waals surface area contributed by atoms with Gasteiger partial charge in [0.05, 0.1) is 17.8 Å². The molecule has 0 aliphatic carbocycles. The smallest absolute Gasteiger partial charge is 0.118 e. The van der Waals surface area contributed by atoms with Gasteiger partial charge < -0.3 is 10.1 Å². The van der Waals surface area contributed by atoms with E-state index in [0.717, 1.165) is 16.5 Å². The highest BCUT2D eigenvalue weighted by atomic mass is 35.5. The van der Waals surface area contributed by atoms with Gasteiger partial charge in [0.15, 0.2) is 0 Å². The Hall–Kier alpha value is -1.67. The van der Waals surface area contributed by atoms with Gasteiger partial charge in [0, 0.05) is 6.04 Å². The van der Waals surface area contributed by atoms with E-state index in [1.165, 1.54) is 5.56 Å². The number of para-hydroxylation sites is 1. The van der Waals surface area contributed by atoms with Gasteiger partial charge >= 0.3 is 0 Å². The van der Waals surface area contributed by atoms with E-state index < -0.39 is 0 Å². The van der Waals surface area contributed by atoms with Crippen LogP contribution in [0, 0.1) is 0 Å². The lowest BCUT2D eigenvalue weighted by Gasteiger charge is -2.17. The minimum Gasteiger partial charge on any atom is -0.497 e. The quantitative estimate of drug-likeness (QED) is 0.874. The summed E-state index contributed by atoms with van der Waals surface area (Å²) < 4.78 is 5.14. The van der Waals surface area contributed by atoms with Gasteiger partial charge in [-0.15, -0.1) is 0 Å². The van der Waals surface area contributed by atoms with E-state index in [0.29, 0.717) is 0 Å². The van der Waals surface area contributed by atoms with E-state index >= 15 is 0 Å². The van der Waals surface area contributed by atoms with Gasteiger partial charge in [0.25, 0.3) is 0 Å². The number of methoxy groups -OCH3 is 1. The van der Waals surface area contributed by atoms with Crippen LogP contribution < -0.4 is 10.1 Å². The zero-order valence-corrected chi connectivity index (χ0v) is 11.2. The van der Waals surface area contributed by atoms with Crippen molar-refractivity contribution in [2.45, 2.75) is 13.0 Å². The van der Waals surface area contributed by atoms with Crippen molar-refractivity contribution in [3.05, 3.63) is 59.1 Å². The maximum absolute atomic E-state index is 6.12. The average molecular weight is 262 g/mol. The number of rotatable bonds is 4. The van der Waals surface area contributed by atoms with E-state index in [1.807, 2.05) is 48.5 Å². The standard InChI is InChI=1S/C15H16ClNO/c1-11(12-7-9-13(18-2)10-8-12)17-15-6-4-3-5-14(15)16/h3-11,17H,1-2H3. The highest BCUT2D eigenvalue weighted by Crippen LogP contribution is 2.26. The van der Waals surface area contributed by atoms with Crippen LogP contribution in [0.15, 0.2) is 48.5 Å². The first-order chi connectivity index (χ1) is 8.70. The largest absolute Gasteiger partial charge is 0.497 e. The molecule has 0 amide bonds. The fourth-order valence-corrected chi connectivity index (χ4v) is 1.98. The Morgan fingerprint density at radius 1 is 1.06 bits per heavy atom. The number of anilines is 1. The SMILES string of the molecule is COc1ccc(C(C)Nc2ccccc2Cl)cc1. The molecule has 0 fully saturated rings. The maximum atomic E-state index is 6.12. The van der Waals surface area contributed by atoms with Crippen molar-refractivity contribution in [3.8, 4) is 5.75 Å². The Morgan fingerprint density at radius 2 is 1.72 bits per heavy atom. The predicted molar refractivity (Wildman–Crippen MR) is 76.5 cm³/mol. The second kappa shape index (κ2) is 5.78. The Kier molecular flexibility index (Phi) is 4.11. The molecule has 3 heteroatoms. The summed E-state index contributed by atoms with van der Waals surface area (Å²) in [5.41, 5.74) is 2.14. The lowest BCUT2D eigenvalue weighted by Crippen LogP contribution is -2.06. The monoisotopic (exact) mass is 261 g/mol. The molecule has 1 atom stereocenters. The van der Waals surface area contributed by atoms with Crippen LogP contribution in [0.1, 0.15) is 18.5 Å². The van der Waals surface area contributed by atoms with Crippen molar-refractivity contribution in [2.24, 2.45) is 0 Å². The number of hydrogen-bond donors (Lipinski definition) is 1. The summed E-state index contributed by atoms with van der Waals surface area (Å²) in [7, 11) is 1.67. The van der Waals surface area contributed by atoms with Gasteiger partial charge in [-0.2, -0.15) is 0 Å². The fourth-order valence-electron chi connectivity index (χ4n) is 1.79. The van der Waals surface area contributed by atoms with Crippen LogP contribution in [-0.2, 0) is 0 Å². The molecule has 0 saturated carbocycles. The highest BCUT2D eigenvalue weighted by Gasteiger charge is 2.07. The Balaban J connectivity index is 2.11. The number of hydrogen-bond acceptors (Lipinski definition) is 2. The first-order valence-corrected chi connectivity index (χ1v) is 6.23. The molecule has 0 saturated heterocycles. The Bertz CT molecular complexity index is 510. The van der Waals surface area contributed by atoms with Gasteiger partial charge in [-0.3, -0.25) is 0 Å². The third-order valence-electron chi connectivity index (χ3n) is 2.86. The molecule has 94 valence electrons. The topological polar surface area (TPSA) is 21.3 Å². The minimum atomic E-state index is 0.191. The van der Waals surface area contributed by atoms with Gasteiger partial charge in [-0.25, -0.2) is 0 Å². The normalized spacial score (nSPS) is 11.9. The van der Waals surface area contributed by atoms with Gasteiger partial charge in [0.2, 0.25) is 0 Å². The molecule has 2 aromatic rings. The highest BCUT2D eigenvalue weighted by molar-refractivity contribution is 6.33. The van der Waals surface area contributed by atoms with Crippen molar-refractivity contribution < 1.29 is 4.74 Å². The van der Waals surface area contributed by atoms with Crippen molar-refractivity contribution in [3.63, 3.8) is 0 Å². The van der Waals surface area contributed by atoms with Crippen LogP contribution in [0.2, 0.25) is 5.02 Å². The van der Waals surface area contributed by atoms with Gasteiger partial charge in [-0.05, 0) is 36.8 Å². The summed E-state index contributed by atoms with van der Waals surface area (Å²) in [4.78, 5) is 0. The lowest BCUT2D eigenvalue weighted by atomic mass is 10.1. The molecule has 1 unspecified atom stereocenters.